The van der Waals surface area contributed by atoms with Gasteiger partial charge in [0, 0.05) is 12.1 Å². The molecule has 0 atom stereocenters. The van der Waals surface area contributed by atoms with Crippen LogP contribution in [-0.2, 0) is 16.1 Å². The first-order valence-electron chi connectivity index (χ1n) is 9.94. The number of carbonyl (C=O) groups is 1. The molecular formula is C21H26ClN5O2S. The number of rotatable bonds is 9. The zero-order valence-electron chi connectivity index (χ0n) is 17.7. The fourth-order valence-electron chi connectivity index (χ4n) is 3.10. The van der Waals surface area contributed by atoms with E-state index in [1.54, 1.807) is 11.6 Å². The second kappa shape index (κ2) is 10.1. The number of aryl methyl sites for hydroxylation is 2. The van der Waals surface area contributed by atoms with E-state index >= 15 is 0 Å². The summed E-state index contributed by atoms with van der Waals surface area (Å²) < 4.78 is 11.4. The molecule has 0 aliphatic heterocycles. The van der Waals surface area contributed by atoms with Crippen LogP contribution in [0, 0.1) is 13.8 Å². The summed E-state index contributed by atoms with van der Waals surface area (Å²) >= 11 is 7.73. The number of hydrogen-bond acceptors (Lipinski definition) is 7. The van der Waals surface area contributed by atoms with Gasteiger partial charge in [0.25, 0.3) is 0 Å². The minimum absolute atomic E-state index is 0.0273. The second-order valence-electron chi connectivity index (χ2n) is 6.95. The molecule has 0 saturated heterocycles. The third kappa shape index (κ3) is 5.24. The molecule has 2 aromatic heterocycles. The number of halogens is 1. The lowest BCUT2D eigenvalue weighted by Crippen LogP contribution is -2.28. The van der Waals surface area contributed by atoms with Crippen LogP contribution < -0.4 is 0 Å². The van der Waals surface area contributed by atoms with Gasteiger partial charge in [0.1, 0.15) is 18.8 Å². The van der Waals surface area contributed by atoms with E-state index in [-0.39, 0.29) is 12.5 Å². The number of carbonyl (C=O) groups excluding carboxylic acids is 1. The molecule has 1 aromatic carbocycles. The summed E-state index contributed by atoms with van der Waals surface area (Å²) in [5.74, 6) is 0.271. The molecule has 0 unspecified atom stereocenters. The SMILES string of the molecule is CCN(CC)CCOC(=O)Cn1nc(C)c(Cl)c1-c1nc(-c2cccc(C)c2)ns1. The lowest BCUT2D eigenvalue weighted by molar-refractivity contribution is -0.144. The summed E-state index contributed by atoms with van der Waals surface area (Å²) in [6, 6.07) is 8.00. The summed E-state index contributed by atoms with van der Waals surface area (Å²) in [6.45, 7) is 10.9. The molecule has 0 saturated carbocycles. The molecule has 3 rings (SSSR count). The number of benzene rings is 1. The summed E-state index contributed by atoms with van der Waals surface area (Å²) in [6.07, 6.45) is 0. The monoisotopic (exact) mass is 447 g/mol. The molecule has 30 heavy (non-hydrogen) atoms. The lowest BCUT2D eigenvalue weighted by atomic mass is 10.1. The number of nitrogens with zero attached hydrogens (tertiary/aromatic N) is 5. The Morgan fingerprint density at radius 3 is 2.73 bits per heavy atom. The molecule has 3 aromatic rings. The number of likely N-dealkylation sites (N-methyl/N-ethyl adjacent to an activating group) is 1. The van der Waals surface area contributed by atoms with Crippen LogP contribution in [0.5, 0.6) is 0 Å². The average Bonchev–Trinajstić information content (AvgIpc) is 3.30. The van der Waals surface area contributed by atoms with E-state index in [2.05, 4.69) is 33.2 Å². The van der Waals surface area contributed by atoms with Gasteiger partial charge in [-0.2, -0.15) is 9.47 Å². The Morgan fingerprint density at radius 2 is 2.03 bits per heavy atom. The Bertz CT molecular complexity index is 1010. The highest BCUT2D eigenvalue weighted by Crippen LogP contribution is 2.33. The first kappa shape index (κ1) is 22.4. The van der Waals surface area contributed by atoms with Crippen molar-refractivity contribution in [3.63, 3.8) is 0 Å². The van der Waals surface area contributed by atoms with Gasteiger partial charge < -0.3 is 9.64 Å². The maximum Gasteiger partial charge on any atom is 0.327 e. The molecule has 0 spiro atoms. The minimum atomic E-state index is -0.356. The summed E-state index contributed by atoms with van der Waals surface area (Å²) in [5.41, 5.74) is 3.30. The van der Waals surface area contributed by atoms with E-state index < -0.39 is 0 Å². The van der Waals surface area contributed by atoms with Gasteiger partial charge in [-0.15, -0.1) is 0 Å². The van der Waals surface area contributed by atoms with Gasteiger partial charge >= 0.3 is 5.97 Å². The molecular weight excluding hydrogens is 422 g/mol. The van der Waals surface area contributed by atoms with Gasteiger partial charge in [-0.3, -0.25) is 4.79 Å². The van der Waals surface area contributed by atoms with Crippen LogP contribution in [0.1, 0.15) is 25.1 Å². The van der Waals surface area contributed by atoms with E-state index in [4.69, 9.17) is 16.3 Å². The van der Waals surface area contributed by atoms with E-state index in [1.165, 1.54) is 11.5 Å². The van der Waals surface area contributed by atoms with Crippen LogP contribution >= 0.6 is 23.1 Å². The Balaban J connectivity index is 1.76. The quantitative estimate of drug-likeness (QED) is 0.457. The van der Waals surface area contributed by atoms with Gasteiger partial charge in [0.15, 0.2) is 10.8 Å². The lowest BCUT2D eigenvalue weighted by Gasteiger charge is -2.17. The average molecular weight is 448 g/mol. The van der Waals surface area contributed by atoms with Crippen molar-refractivity contribution in [1.82, 2.24) is 24.0 Å². The second-order valence-corrected chi connectivity index (χ2v) is 8.08. The van der Waals surface area contributed by atoms with E-state index in [0.29, 0.717) is 40.4 Å². The Labute approximate surface area is 185 Å². The molecule has 0 aliphatic carbocycles. The first-order chi connectivity index (χ1) is 14.4. The largest absolute Gasteiger partial charge is 0.463 e. The van der Waals surface area contributed by atoms with Crippen molar-refractivity contribution in [2.75, 3.05) is 26.2 Å². The molecule has 2 heterocycles. The predicted octanol–water partition coefficient (Wildman–Crippen LogP) is 4.22. The van der Waals surface area contributed by atoms with Crippen LogP contribution in [-0.4, -0.2) is 56.2 Å². The molecule has 0 radical (unpaired) electrons. The first-order valence-corrected chi connectivity index (χ1v) is 11.1. The van der Waals surface area contributed by atoms with Crippen LogP contribution in [0.25, 0.3) is 22.1 Å². The molecule has 160 valence electrons. The Morgan fingerprint density at radius 1 is 1.27 bits per heavy atom. The smallest absolute Gasteiger partial charge is 0.327 e. The summed E-state index contributed by atoms with van der Waals surface area (Å²) in [5, 5.41) is 5.50. The third-order valence-electron chi connectivity index (χ3n) is 4.80. The maximum absolute atomic E-state index is 12.4. The van der Waals surface area contributed by atoms with Crippen LogP contribution in [0.15, 0.2) is 24.3 Å². The van der Waals surface area contributed by atoms with Crippen molar-refractivity contribution >= 4 is 29.1 Å². The van der Waals surface area contributed by atoms with Crippen LogP contribution in [0.2, 0.25) is 5.02 Å². The summed E-state index contributed by atoms with van der Waals surface area (Å²) in [7, 11) is 0. The Kier molecular flexibility index (Phi) is 7.58. The van der Waals surface area contributed by atoms with Crippen molar-refractivity contribution in [2.24, 2.45) is 0 Å². The highest BCUT2D eigenvalue weighted by molar-refractivity contribution is 7.09. The number of ether oxygens (including phenoxy) is 1. The molecule has 0 aliphatic rings. The normalized spacial score (nSPS) is 11.3. The zero-order valence-corrected chi connectivity index (χ0v) is 19.3. The highest BCUT2D eigenvalue weighted by atomic mass is 35.5. The predicted molar refractivity (Wildman–Crippen MR) is 120 cm³/mol. The third-order valence-corrected chi connectivity index (χ3v) is 5.98. The molecule has 0 amide bonds. The van der Waals surface area contributed by atoms with Gasteiger partial charge in [0.05, 0.1) is 10.7 Å². The van der Waals surface area contributed by atoms with Gasteiger partial charge in [-0.25, -0.2) is 9.67 Å². The number of hydrogen-bond donors (Lipinski definition) is 0. The van der Waals surface area contributed by atoms with Crippen molar-refractivity contribution in [2.45, 2.75) is 34.2 Å². The fourth-order valence-corrected chi connectivity index (χ4v) is 4.12. The number of aromatic nitrogens is 4. The molecule has 7 nitrogen and oxygen atoms in total. The van der Waals surface area contributed by atoms with Gasteiger partial charge in [-0.05, 0) is 44.5 Å². The van der Waals surface area contributed by atoms with E-state index in [1.807, 2.05) is 31.2 Å². The molecule has 9 heteroatoms. The van der Waals surface area contributed by atoms with Gasteiger partial charge in [0.2, 0.25) is 0 Å². The minimum Gasteiger partial charge on any atom is -0.463 e. The molecule has 0 fully saturated rings. The molecule has 0 bridgehead atoms. The molecule has 0 N–H and O–H groups in total. The van der Waals surface area contributed by atoms with Crippen molar-refractivity contribution in [3.8, 4) is 22.1 Å². The van der Waals surface area contributed by atoms with Crippen LogP contribution in [0.3, 0.4) is 0 Å². The van der Waals surface area contributed by atoms with Gasteiger partial charge in [-0.1, -0.05) is 49.2 Å². The van der Waals surface area contributed by atoms with Crippen molar-refractivity contribution < 1.29 is 9.53 Å². The van der Waals surface area contributed by atoms with E-state index in [9.17, 15) is 4.79 Å². The zero-order chi connectivity index (χ0) is 21.7. The van der Waals surface area contributed by atoms with Crippen molar-refractivity contribution in [1.29, 1.82) is 0 Å². The topological polar surface area (TPSA) is 73.1 Å². The van der Waals surface area contributed by atoms with E-state index in [0.717, 1.165) is 24.2 Å². The number of esters is 1. The summed E-state index contributed by atoms with van der Waals surface area (Å²) in [4.78, 5) is 19.2. The fraction of sp³-hybridized carbons (Fsp3) is 0.429. The Hall–Kier alpha value is -2.29. The highest BCUT2D eigenvalue weighted by Gasteiger charge is 2.22. The van der Waals surface area contributed by atoms with Crippen LogP contribution in [0.4, 0.5) is 0 Å². The van der Waals surface area contributed by atoms with Crippen molar-refractivity contribution in [3.05, 3.63) is 40.5 Å². The standard InChI is InChI=1S/C21H26ClN5O2S/c1-5-26(6-2)10-11-29-17(28)13-27-19(18(22)15(4)24-27)21-23-20(25-30-21)16-9-7-8-14(3)12-16/h7-9,12H,5-6,10-11,13H2,1-4H3. The maximum atomic E-state index is 12.4.